The molecule has 0 radical (unpaired) electrons. The van der Waals surface area contributed by atoms with Gasteiger partial charge in [-0.15, -0.1) is 0 Å². The number of nitrogens with one attached hydrogen (secondary N) is 1. The Labute approximate surface area is 135 Å². The number of aryl methyl sites for hydroxylation is 1. The summed E-state index contributed by atoms with van der Waals surface area (Å²) in [6, 6.07) is 10.1. The minimum absolute atomic E-state index is 0.500. The molecule has 0 atom stereocenters. The first-order chi connectivity index (χ1) is 11.3. The monoisotopic (exact) mass is 311 g/mol. The molecule has 0 bridgehead atoms. The molecule has 0 aliphatic carbocycles. The first kappa shape index (κ1) is 15.3. The Balaban J connectivity index is 1.65. The number of anilines is 1. The molecule has 0 fully saturated rings. The Morgan fingerprint density at radius 1 is 1.22 bits per heavy atom. The lowest BCUT2D eigenvalue weighted by molar-refractivity contribution is 0.377. The zero-order valence-corrected chi connectivity index (χ0v) is 13.5. The highest BCUT2D eigenvalue weighted by molar-refractivity contribution is 5.49. The summed E-state index contributed by atoms with van der Waals surface area (Å²) in [7, 11) is 0. The molecule has 0 aliphatic rings. The summed E-state index contributed by atoms with van der Waals surface area (Å²) < 4.78 is 7.17. The van der Waals surface area contributed by atoms with Gasteiger partial charge in [0.15, 0.2) is 5.82 Å². The molecular weight excluding hydrogens is 290 g/mol. The second kappa shape index (κ2) is 7.09. The van der Waals surface area contributed by atoms with Crippen molar-refractivity contribution in [2.24, 2.45) is 0 Å². The van der Waals surface area contributed by atoms with E-state index in [4.69, 9.17) is 4.52 Å². The van der Waals surface area contributed by atoms with Crippen LogP contribution < -0.4 is 5.32 Å². The fourth-order valence-corrected chi connectivity index (χ4v) is 2.38. The van der Waals surface area contributed by atoms with Crippen molar-refractivity contribution >= 4 is 5.69 Å². The predicted octanol–water partition coefficient (Wildman–Crippen LogP) is 3.52. The lowest BCUT2D eigenvalue weighted by Crippen LogP contribution is -2.03. The van der Waals surface area contributed by atoms with Crippen LogP contribution in [0.25, 0.3) is 5.69 Å². The number of aromatic nitrogens is 4. The third-order valence-corrected chi connectivity index (χ3v) is 3.70. The summed E-state index contributed by atoms with van der Waals surface area (Å²) in [5.74, 6) is 1.38. The third-order valence-electron chi connectivity index (χ3n) is 3.70. The van der Waals surface area contributed by atoms with E-state index in [9.17, 15) is 0 Å². The van der Waals surface area contributed by atoms with Crippen LogP contribution >= 0.6 is 0 Å². The Bertz CT molecular complexity index is 747. The van der Waals surface area contributed by atoms with E-state index in [2.05, 4.69) is 27.5 Å². The lowest BCUT2D eigenvalue weighted by Gasteiger charge is -2.05. The van der Waals surface area contributed by atoms with Crippen LogP contribution in [0.5, 0.6) is 0 Å². The van der Waals surface area contributed by atoms with Gasteiger partial charge in [-0.1, -0.05) is 36.7 Å². The number of unbranched alkanes of at least 4 members (excludes halogenated alkanes) is 1. The van der Waals surface area contributed by atoms with Crippen LogP contribution in [0.2, 0.25) is 0 Å². The smallest absolute Gasteiger partial charge is 0.245 e. The van der Waals surface area contributed by atoms with Crippen LogP contribution in [0.1, 0.15) is 37.2 Å². The number of para-hydroxylation sites is 1. The van der Waals surface area contributed by atoms with Gasteiger partial charge in [-0.3, -0.25) is 0 Å². The van der Waals surface area contributed by atoms with Crippen molar-refractivity contribution in [1.82, 2.24) is 19.9 Å². The molecule has 0 amide bonds. The van der Waals surface area contributed by atoms with Crippen molar-refractivity contribution in [1.29, 1.82) is 0 Å². The van der Waals surface area contributed by atoms with Gasteiger partial charge in [0, 0.05) is 6.42 Å². The van der Waals surface area contributed by atoms with E-state index in [1.807, 2.05) is 48.1 Å². The molecular formula is C17H21N5O. The third kappa shape index (κ3) is 3.59. The zero-order chi connectivity index (χ0) is 16.1. The first-order valence-corrected chi connectivity index (χ1v) is 7.93. The van der Waals surface area contributed by atoms with Crippen molar-refractivity contribution in [2.45, 2.75) is 39.7 Å². The average molecular weight is 311 g/mol. The Kier molecular flexibility index (Phi) is 4.71. The number of benzene rings is 1. The van der Waals surface area contributed by atoms with E-state index < -0.39 is 0 Å². The highest BCUT2D eigenvalue weighted by Crippen LogP contribution is 2.18. The van der Waals surface area contributed by atoms with Gasteiger partial charge < -0.3 is 9.84 Å². The van der Waals surface area contributed by atoms with Crippen molar-refractivity contribution in [3.05, 3.63) is 53.9 Å². The van der Waals surface area contributed by atoms with E-state index in [-0.39, 0.29) is 0 Å². The van der Waals surface area contributed by atoms with Crippen LogP contribution in [0, 0.1) is 6.92 Å². The van der Waals surface area contributed by atoms with Crippen molar-refractivity contribution in [2.75, 3.05) is 5.32 Å². The zero-order valence-electron chi connectivity index (χ0n) is 13.5. The molecule has 120 valence electrons. The van der Waals surface area contributed by atoms with Gasteiger partial charge >= 0.3 is 0 Å². The van der Waals surface area contributed by atoms with Gasteiger partial charge in [0.1, 0.15) is 0 Å². The molecule has 0 saturated heterocycles. The Hall–Kier alpha value is -2.63. The van der Waals surface area contributed by atoms with Gasteiger partial charge in [0.2, 0.25) is 5.89 Å². The maximum atomic E-state index is 5.26. The molecule has 3 rings (SSSR count). The highest BCUT2D eigenvalue weighted by Gasteiger charge is 2.10. The maximum absolute atomic E-state index is 5.26. The van der Waals surface area contributed by atoms with Gasteiger partial charge in [-0.25, -0.2) is 4.68 Å². The number of hydrogen-bond donors (Lipinski definition) is 1. The molecule has 0 spiro atoms. The van der Waals surface area contributed by atoms with Crippen molar-refractivity contribution in [3.8, 4) is 5.69 Å². The van der Waals surface area contributed by atoms with Crippen LogP contribution in [0.4, 0.5) is 5.69 Å². The molecule has 0 saturated carbocycles. The van der Waals surface area contributed by atoms with E-state index >= 15 is 0 Å². The van der Waals surface area contributed by atoms with E-state index in [1.165, 1.54) is 0 Å². The Morgan fingerprint density at radius 3 is 2.83 bits per heavy atom. The fourth-order valence-electron chi connectivity index (χ4n) is 2.38. The topological polar surface area (TPSA) is 68.8 Å². The van der Waals surface area contributed by atoms with Crippen LogP contribution in [-0.2, 0) is 13.0 Å². The molecule has 1 aromatic carbocycles. The van der Waals surface area contributed by atoms with E-state index in [1.54, 1.807) is 0 Å². The molecule has 6 nitrogen and oxygen atoms in total. The van der Waals surface area contributed by atoms with Gasteiger partial charge in [0.05, 0.1) is 29.8 Å². The summed E-state index contributed by atoms with van der Waals surface area (Å²) in [6.07, 6.45) is 4.89. The number of hydrogen-bond acceptors (Lipinski definition) is 5. The molecule has 3 aromatic rings. The second-order valence-electron chi connectivity index (χ2n) is 5.45. The van der Waals surface area contributed by atoms with Crippen LogP contribution in [0.15, 0.2) is 41.1 Å². The Morgan fingerprint density at radius 2 is 2.04 bits per heavy atom. The molecule has 0 unspecified atom stereocenters. The minimum Gasteiger partial charge on any atom is -0.373 e. The largest absolute Gasteiger partial charge is 0.373 e. The van der Waals surface area contributed by atoms with Crippen molar-refractivity contribution < 1.29 is 4.52 Å². The molecule has 2 heterocycles. The molecule has 23 heavy (non-hydrogen) atoms. The second-order valence-corrected chi connectivity index (χ2v) is 5.45. The average Bonchev–Trinajstić information content (AvgIpc) is 3.18. The van der Waals surface area contributed by atoms with Crippen molar-refractivity contribution in [3.63, 3.8) is 0 Å². The molecule has 1 N–H and O–H groups in total. The lowest BCUT2D eigenvalue weighted by atomic mass is 10.2. The van der Waals surface area contributed by atoms with Crippen LogP contribution in [-0.4, -0.2) is 19.9 Å². The summed E-state index contributed by atoms with van der Waals surface area (Å²) in [4.78, 5) is 4.39. The fraction of sp³-hybridized carbons (Fsp3) is 0.353. The standard InChI is InChI=1S/C17H21N5O/c1-3-4-10-16-20-17(23-21-16)12-18-15-11-19-22(13(15)2)14-8-6-5-7-9-14/h5-9,11,18H,3-4,10,12H2,1-2H3. The van der Waals surface area contributed by atoms with Gasteiger partial charge in [-0.05, 0) is 25.5 Å². The number of nitrogens with zero attached hydrogens (tertiary/aromatic N) is 4. The van der Waals surface area contributed by atoms with E-state index in [0.717, 1.165) is 42.2 Å². The van der Waals surface area contributed by atoms with Gasteiger partial charge in [0.25, 0.3) is 0 Å². The SMILES string of the molecule is CCCCc1noc(CNc2cnn(-c3ccccc3)c2C)n1. The maximum Gasteiger partial charge on any atom is 0.245 e. The summed E-state index contributed by atoms with van der Waals surface area (Å²) in [5.41, 5.74) is 3.04. The summed E-state index contributed by atoms with van der Waals surface area (Å²) in [6.45, 7) is 4.68. The first-order valence-electron chi connectivity index (χ1n) is 7.93. The molecule has 2 aromatic heterocycles. The number of rotatable bonds is 7. The molecule has 0 aliphatic heterocycles. The highest BCUT2D eigenvalue weighted by atomic mass is 16.5. The summed E-state index contributed by atoms with van der Waals surface area (Å²) in [5, 5.41) is 11.7. The van der Waals surface area contributed by atoms with Crippen LogP contribution in [0.3, 0.4) is 0 Å². The quantitative estimate of drug-likeness (QED) is 0.723. The van der Waals surface area contributed by atoms with Gasteiger partial charge in [-0.2, -0.15) is 10.1 Å². The molecule has 6 heteroatoms. The predicted molar refractivity (Wildman–Crippen MR) is 88.5 cm³/mol. The minimum atomic E-state index is 0.500. The summed E-state index contributed by atoms with van der Waals surface area (Å²) >= 11 is 0. The normalized spacial score (nSPS) is 10.9. The van der Waals surface area contributed by atoms with E-state index in [0.29, 0.717) is 12.4 Å².